The van der Waals surface area contributed by atoms with Gasteiger partial charge in [0.25, 0.3) is 0 Å². The Labute approximate surface area is 188 Å². The number of carbonyl (C=O) groups is 1. The highest BCUT2D eigenvalue weighted by Gasteiger charge is 2.42. The second kappa shape index (κ2) is 8.33. The Morgan fingerprint density at radius 3 is 2.38 bits per heavy atom. The number of carbonyl (C=O) groups excluding carboxylic acids is 1. The number of benzene rings is 1. The van der Waals surface area contributed by atoms with Gasteiger partial charge in [-0.05, 0) is 70.2 Å². The second-order valence-electron chi connectivity index (χ2n) is 9.23. The number of hydrogen-bond donors (Lipinski definition) is 1. The fourth-order valence-electron chi connectivity index (χ4n) is 4.36. The number of nitriles is 1. The largest absolute Gasteiger partial charge is 0.390 e. The average Bonchev–Trinajstić information content (AvgIpc) is 3.17. The van der Waals surface area contributed by atoms with Crippen LogP contribution >= 0.6 is 0 Å². The number of pyridine rings is 1. The molecule has 3 aromatic rings. The summed E-state index contributed by atoms with van der Waals surface area (Å²) in [7, 11) is 0. The summed E-state index contributed by atoms with van der Waals surface area (Å²) in [6.45, 7) is 5.75. The fourth-order valence-corrected chi connectivity index (χ4v) is 4.36. The molecule has 2 aromatic heterocycles. The quantitative estimate of drug-likeness (QED) is 0.608. The summed E-state index contributed by atoms with van der Waals surface area (Å²) in [5.41, 5.74) is 3.63. The van der Waals surface area contributed by atoms with Crippen molar-refractivity contribution >= 4 is 5.78 Å². The summed E-state index contributed by atoms with van der Waals surface area (Å²) in [6.07, 6.45) is 5.86. The van der Waals surface area contributed by atoms with Gasteiger partial charge >= 0.3 is 0 Å². The Hall–Kier alpha value is -3.30. The zero-order valence-corrected chi connectivity index (χ0v) is 18.8. The van der Waals surface area contributed by atoms with Crippen LogP contribution in [-0.2, 0) is 11.8 Å². The van der Waals surface area contributed by atoms with E-state index >= 15 is 0 Å². The Balaban J connectivity index is 1.49. The van der Waals surface area contributed by atoms with E-state index in [4.69, 9.17) is 0 Å². The van der Waals surface area contributed by atoms with Crippen molar-refractivity contribution in [2.24, 2.45) is 0 Å². The normalized spacial score (nSPS) is 23.0. The maximum Gasteiger partial charge on any atom is 0.170 e. The monoisotopic (exact) mass is 428 g/mol. The molecule has 0 saturated heterocycles. The highest BCUT2D eigenvalue weighted by atomic mass is 16.3. The number of rotatable bonds is 5. The van der Waals surface area contributed by atoms with Crippen molar-refractivity contribution in [2.75, 3.05) is 0 Å². The molecule has 1 aliphatic rings. The van der Waals surface area contributed by atoms with Crippen LogP contribution in [0, 0.1) is 25.2 Å². The van der Waals surface area contributed by atoms with Crippen molar-refractivity contribution in [3.8, 4) is 11.8 Å². The predicted molar refractivity (Wildman–Crippen MR) is 122 cm³/mol. The second-order valence-corrected chi connectivity index (χ2v) is 9.23. The van der Waals surface area contributed by atoms with Crippen LogP contribution in [0.1, 0.15) is 65.5 Å². The smallest absolute Gasteiger partial charge is 0.170 e. The van der Waals surface area contributed by atoms with Crippen molar-refractivity contribution in [3.05, 3.63) is 76.9 Å². The molecule has 1 aromatic carbocycles. The first kappa shape index (κ1) is 21.9. The minimum Gasteiger partial charge on any atom is -0.390 e. The number of aryl methyl sites for hydroxylation is 1. The molecule has 0 unspecified atom stereocenters. The Kier molecular flexibility index (Phi) is 5.70. The molecule has 2 heterocycles. The first-order valence-corrected chi connectivity index (χ1v) is 11.0. The summed E-state index contributed by atoms with van der Waals surface area (Å²) < 4.78 is 1.78. The van der Waals surface area contributed by atoms with Gasteiger partial charge in [-0.25, -0.2) is 4.68 Å². The molecule has 1 aliphatic carbocycles. The molecule has 6 heteroatoms. The van der Waals surface area contributed by atoms with E-state index in [2.05, 4.69) is 16.2 Å². The molecule has 0 spiro atoms. The lowest BCUT2D eigenvalue weighted by molar-refractivity contribution is 0.00801. The molecule has 1 fully saturated rings. The molecule has 4 rings (SSSR count). The van der Waals surface area contributed by atoms with E-state index in [1.54, 1.807) is 17.1 Å². The number of ketones is 1. The summed E-state index contributed by atoms with van der Waals surface area (Å²) >= 11 is 0. The molecule has 164 valence electrons. The summed E-state index contributed by atoms with van der Waals surface area (Å²) in [4.78, 5) is 17.5. The molecule has 0 atom stereocenters. The number of Topliss-reactive ketones (excluding diaryl/α,β-unsaturated/α-hetero) is 1. The van der Waals surface area contributed by atoms with Crippen LogP contribution < -0.4 is 0 Å². The van der Waals surface area contributed by atoms with Gasteiger partial charge in [0.2, 0.25) is 0 Å². The van der Waals surface area contributed by atoms with Gasteiger partial charge in [-0.1, -0.05) is 23.8 Å². The van der Waals surface area contributed by atoms with E-state index in [1.165, 1.54) is 5.56 Å². The summed E-state index contributed by atoms with van der Waals surface area (Å²) in [5, 5.41) is 24.5. The number of aliphatic hydroxyl groups is 1. The van der Waals surface area contributed by atoms with Crippen molar-refractivity contribution in [1.82, 2.24) is 14.8 Å². The van der Waals surface area contributed by atoms with Gasteiger partial charge in [-0.15, -0.1) is 0 Å². The lowest BCUT2D eigenvalue weighted by atomic mass is 9.68. The first-order valence-electron chi connectivity index (χ1n) is 11.0. The van der Waals surface area contributed by atoms with E-state index < -0.39 is 11.0 Å². The fraction of sp³-hybridized carbons (Fsp3) is 0.385. The van der Waals surface area contributed by atoms with Crippen molar-refractivity contribution in [1.29, 1.82) is 5.26 Å². The van der Waals surface area contributed by atoms with Crippen LogP contribution in [-0.4, -0.2) is 31.3 Å². The molecule has 0 amide bonds. The Morgan fingerprint density at radius 2 is 1.78 bits per heavy atom. The van der Waals surface area contributed by atoms with Gasteiger partial charge < -0.3 is 5.11 Å². The molecule has 32 heavy (non-hydrogen) atoms. The van der Waals surface area contributed by atoms with Crippen LogP contribution in [0.15, 0.2) is 48.8 Å². The predicted octanol–water partition coefficient (Wildman–Crippen LogP) is 4.40. The van der Waals surface area contributed by atoms with Gasteiger partial charge in [-0.3, -0.25) is 9.78 Å². The van der Waals surface area contributed by atoms with Gasteiger partial charge in [0, 0.05) is 12.6 Å². The van der Waals surface area contributed by atoms with Crippen LogP contribution in [0.2, 0.25) is 0 Å². The van der Waals surface area contributed by atoms with Gasteiger partial charge in [0.1, 0.15) is 0 Å². The third kappa shape index (κ3) is 4.21. The van der Waals surface area contributed by atoms with Crippen LogP contribution in [0.3, 0.4) is 0 Å². The minimum atomic E-state index is -0.715. The lowest BCUT2D eigenvalue weighted by Crippen LogP contribution is -2.39. The summed E-state index contributed by atoms with van der Waals surface area (Å²) in [6, 6.07) is 14.2. The maximum atomic E-state index is 12.9. The molecular weight excluding hydrogens is 400 g/mol. The molecule has 0 radical (unpaired) electrons. The van der Waals surface area contributed by atoms with E-state index in [-0.39, 0.29) is 12.2 Å². The van der Waals surface area contributed by atoms with Gasteiger partial charge in [-0.2, -0.15) is 10.4 Å². The van der Waals surface area contributed by atoms with E-state index in [1.807, 2.05) is 57.2 Å². The number of aromatic nitrogens is 3. The molecule has 6 nitrogen and oxygen atoms in total. The molecule has 1 saturated carbocycles. The number of hydrogen-bond acceptors (Lipinski definition) is 5. The molecule has 0 bridgehead atoms. The third-order valence-corrected chi connectivity index (χ3v) is 6.66. The lowest BCUT2D eigenvalue weighted by Gasteiger charge is -2.37. The van der Waals surface area contributed by atoms with E-state index in [9.17, 15) is 15.2 Å². The van der Waals surface area contributed by atoms with Crippen LogP contribution in [0.5, 0.6) is 0 Å². The van der Waals surface area contributed by atoms with Gasteiger partial charge in [0.15, 0.2) is 5.78 Å². The average molecular weight is 429 g/mol. The number of nitrogens with zero attached hydrogens (tertiary/aromatic N) is 4. The first-order chi connectivity index (χ1) is 15.2. The third-order valence-electron chi connectivity index (χ3n) is 6.66. The van der Waals surface area contributed by atoms with Crippen LogP contribution in [0.4, 0.5) is 0 Å². The Bertz CT molecular complexity index is 1160. The SMILES string of the molecule is Cc1ccc(-n2ncc(C(=O)Cc3ccc(C4(C#N)CCC(C)(O)CC4)nc3)c2C)cc1. The highest BCUT2D eigenvalue weighted by Crippen LogP contribution is 2.42. The maximum absolute atomic E-state index is 12.9. The minimum absolute atomic E-state index is 0.0147. The van der Waals surface area contributed by atoms with Crippen molar-refractivity contribution in [3.63, 3.8) is 0 Å². The van der Waals surface area contributed by atoms with Crippen molar-refractivity contribution in [2.45, 2.75) is 63.9 Å². The Morgan fingerprint density at radius 1 is 1.09 bits per heavy atom. The standard InChI is InChI=1S/C26H28N4O2/c1-18-4-7-21(8-5-18)30-19(2)22(16-29-30)23(31)14-20-6-9-24(28-15-20)26(17-27)12-10-25(3,32)11-13-26/h4-9,15-16,32H,10-14H2,1-3H3. The zero-order chi connectivity index (χ0) is 22.9. The molecule has 1 N–H and O–H groups in total. The molecule has 0 aliphatic heterocycles. The zero-order valence-electron chi connectivity index (χ0n) is 18.8. The topological polar surface area (TPSA) is 91.8 Å². The highest BCUT2D eigenvalue weighted by molar-refractivity contribution is 5.98. The van der Waals surface area contributed by atoms with E-state index in [0.717, 1.165) is 22.6 Å². The van der Waals surface area contributed by atoms with Crippen LogP contribution in [0.25, 0.3) is 5.69 Å². The van der Waals surface area contributed by atoms with Gasteiger partial charge in [0.05, 0.1) is 45.9 Å². The molecular formula is C26H28N4O2. The summed E-state index contributed by atoms with van der Waals surface area (Å²) in [5.74, 6) is -0.0147. The van der Waals surface area contributed by atoms with Crippen molar-refractivity contribution < 1.29 is 9.90 Å². The van der Waals surface area contributed by atoms with E-state index in [0.29, 0.717) is 31.2 Å².